The number of nitrogens with one attached hydrogen (secondary N) is 2. The third kappa shape index (κ3) is 5.22. The van der Waals surface area contributed by atoms with Gasteiger partial charge in [0.25, 0.3) is 0 Å². The summed E-state index contributed by atoms with van der Waals surface area (Å²) in [6, 6.07) is 17.5. The molecule has 0 saturated heterocycles. The van der Waals surface area contributed by atoms with Crippen molar-refractivity contribution < 1.29 is 4.79 Å². The number of benzene rings is 2. The molecule has 4 heteroatoms. The lowest BCUT2D eigenvalue weighted by atomic mass is 10.1. The molecule has 0 aliphatic heterocycles. The number of rotatable bonds is 6. The van der Waals surface area contributed by atoms with Crippen molar-refractivity contribution in [2.45, 2.75) is 6.42 Å². The second-order valence-electron chi connectivity index (χ2n) is 4.63. The summed E-state index contributed by atoms with van der Waals surface area (Å²) in [6.07, 6.45) is 4.18. The van der Waals surface area contributed by atoms with Crippen LogP contribution in [0.2, 0.25) is 0 Å². The van der Waals surface area contributed by atoms with Gasteiger partial charge in [-0.3, -0.25) is 16.1 Å². The molecule has 2 aromatic rings. The van der Waals surface area contributed by atoms with Crippen LogP contribution in [0.25, 0.3) is 6.08 Å². The fourth-order valence-corrected chi connectivity index (χ4v) is 1.89. The topological polar surface area (TPSA) is 67.2 Å². The first-order valence-corrected chi connectivity index (χ1v) is 6.84. The van der Waals surface area contributed by atoms with Gasteiger partial charge >= 0.3 is 0 Å². The molecule has 1 amide bonds. The minimum Gasteiger partial charge on any atom is -0.323 e. The highest BCUT2D eigenvalue weighted by molar-refractivity contribution is 6.01. The molecule has 2 aromatic carbocycles. The largest absolute Gasteiger partial charge is 0.323 e. The van der Waals surface area contributed by atoms with Crippen LogP contribution < -0.4 is 16.6 Å². The third-order valence-electron chi connectivity index (χ3n) is 3.01. The Bertz CT molecular complexity index is 591. The highest BCUT2D eigenvalue weighted by Crippen LogP contribution is 2.10. The van der Waals surface area contributed by atoms with Crippen LogP contribution in [0.4, 0.5) is 5.69 Å². The standard InChI is InChI=1S/C17H19N3O/c18-19-13-12-15-6-9-16(10-7-15)20-17(21)11-8-14-4-2-1-3-5-14/h1-11,19H,12-13,18H2,(H,20,21). The Kier molecular flexibility index (Phi) is 5.70. The van der Waals surface area contributed by atoms with Crippen LogP contribution in [0.5, 0.6) is 0 Å². The van der Waals surface area contributed by atoms with E-state index in [0.29, 0.717) is 0 Å². The summed E-state index contributed by atoms with van der Waals surface area (Å²) in [5.41, 5.74) is 5.57. The first-order valence-electron chi connectivity index (χ1n) is 6.84. The molecule has 0 atom stereocenters. The van der Waals surface area contributed by atoms with Crippen molar-refractivity contribution in [2.24, 2.45) is 5.84 Å². The van der Waals surface area contributed by atoms with Gasteiger partial charge in [-0.2, -0.15) is 0 Å². The first-order chi connectivity index (χ1) is 10.3. The van der Waals surface area contributed by atoms with E-state index in [4.69, 9.17) is 5.84 Å². The van der Waals surface area contributed by atoms with E-state index in [-0.39, 0.29) is 5.91 Å². The van der Waals surface area contributed by atoms with Gasteiger partial charge < -0.3 is 5.32 Å². The Morgan fingerprint density at radius 3 is 2.43 bits per heavy atom. The molecule has 0 aliphatic carbocycles. The normalized spacial score (nSPS) is 10.7. The molecule has 2 rings (SSSR count). The molecule has 0 spiro atoms. The molecule has 0 saturated carbocycles. The van der Waals surface area contributed by atoms with E-state index in [1.807, 2.05) is 54.6 Å². The van der Waals surface area contributed by atoms with Crippen LogP contribution in [0.1, 0.15) is 11.1 Å². The lowest BCUT2D eigenvalue weighted by molar-refractivity contribution is -0.111. The lowest BCUT2D eigenvalue weighted by Crippen LogP contribution is -2.24. The monoisotopic (exact) mass is 281 g/mol. The maximum absolute atomic E-state index is 11.8. The first kappa shape index (κ1) is 15.0. The molecule has 0 fully saturated rings. The van der Waals surface area contributed by atoms with Crippen LogP contribution in [-0.4, -0.2) is 12.5 Å². The Hall–Kier alpha value is -2.43. The van der Waals surface area contributed by atoms with Crippen LogP contribution in [0.3, 0.4) is 0 Å². The average molecular weight is 281 g/mol. The number of carbonyl (C=O) groups excluding carboxylic acids is 1. The third-order valence-corrected chi connectivity index (χ3v) is 3.01. The van der Waals surface area contributed by atoms with E-state index in [1.54, 1.807) is 6.08 Å². The van der Waals surface area contributed by atoms with E-state index in [2.05, 4.69) is 10.7 Å². The van der Waals surface area contributed by atoms with E-state index < -0.39 is 0 Å². The van der Waals surface area contributed by atoms with Crippen LogP contribution in [-0.2, 0) is 11.2 Å². The van der Waals surface area contributed by atoms with Gasteiger partial charge in [-0.05, 0) is 35.8 Å². The molecule has 4 N–H and O–H groups in total. The Balaban J connectivity index is 1.89. The Morgan fingerprint density at radius 2 is 1.76 bits per heavy atom. The van der Waals surface area contributed by atoms with Gasteiger partial charge in [0.15, 0.2) is 0 Å². The van der Waals surface area contributed by atoms with E-state index >= 15 is 0 Å². The molecule has 4 nitrogen and oxygen atoms in total. The summed E-state index contributed by atoms with van der Waals surface area (Å²) in [5, 5.41) is 2.83. The summed E-state index contributed by atoms with van der Waals surface area (Å²) in [6.45, 7) is 0.728. The molecular weight excluding hydrogens is 262 g/mol. The number of anilines is 1. The van der Waals surface area contributed by atoms with E-state index in [0.717, 1.165) is 24.2 Å². The molecule has 0 radical (unpaired) electrons. The molecular formula is C17H19N3O. The zero-order valence-corrected chi connectivity index (χ0v) is 11.8. The summed E-state index contributed by atoms with van der Waals surface area (Å²) in [7, 11) is 0. The molecule has 108 valence electrons. The second-order valence-corrected chi connectivity index (χ2v) is 4.63. The minimum absolute atomic E-state index is 0.143. The van der Waals surface area contributed by atoms with Crippen LogP contribution in [0.15, 0.2) is 60.7 Å². The molecule has 0 bridgehead atoms. The molecule has 0 unspecified atom stereocenters. The van der Waals surface area contributed by atoms with Crippen molar-refractivity contribution in [3.05, 3.63) is 71.8 Å². The molecule has 0 aliphatic rings. The van der Waals surface area contributed by atoms with Gasteiger partial charge in [-0.25, -0.2) is 0 Å². The fraction of sp³-hybridized carbons (Fsp3) is 0.118. The summed E-state index contributed by atoms with van der Waals surface area (Å²) < 4.78 is 0. The maximum Gasteiger partial charge on any atom is 0.248 e. The number of hydrogen-bond acceptors (Lipinski definition) is 3. The van der Waals surface area contributed by atoms with Crippen molar-refractivity contribution in [2.75, 3.05) is 11.9 Å². The second kappa shape index (κ2) is 7.99. The van der Waals surface area contributed by atoms with Gasteiger partial charge in [0.1, 0.15) is 0 Å². The predicted octanol–water partition coefficient (Wildman–Crippen LogP) is 2.34. The highest BCUT2D eigenvalue weighted by atomic mass is 16.1. The van der Waals surface area contributed by atoms with Gasteiger partial charge in [-0.15, -0.1) is 0 Å². The average Bonchev–Trinajstić information content (AvgIpc) is 2.53. The molecule has 0 heterocycles. The van der Waals surface area contributed by atoms with Gasteiger partial charge in [0, 0.05) is 18.3 Å². The predicted molar refractivity (Wildman–Crippen MR) is 86.4 cm³/mol. The summed E-state index contributed by atoms with van der Waals surface area (Å²) in [4.78, 5) is 11.8. The number of amides is 1. The zero-order chi connectivity index (χ0) is 14.9. The van der Waals surface area contributed by atoms with Gasteiger partial charge in [0.05, 0.1) is 0 Å². The van der Waals surface area contributed by atoms with Gasteiger partial charge in [0.2, 0.25) is 5.91 Å². The molecule has 21 heavy (non-hydrogen) atoms. The summed E-state index contributed by atoms with van der Waals surface area (Å²) in [5.74, 6) is 5.10. The van der Waals surface area contributed by atoms with Gasteiger partial charge in [-0.1, -0.05) is 42.5 Å². The van der Waals surface area contributed by atoms with Crippen LogP contribution >= 0.6 is 0 Å². The fourth-order valence-electron chi connectivity index (χ4n) is 1.89. The number of carbonyl (C=O) groups is 1. The minimum atomic E-state index is -0.143. The number of hydrazine groups is 1. The zero-order valence-electron chi connectivity index (χ0n) is 11.8. The maximum atomic E-state index is 11.8. The van der Waals surface area contributed by atoms with Crippen molar-refractivity contribution in [1.82, 2.24) is 5.43 Å². The Labute approximate surface area is 124 Å². The smallest absolute Gasteiger partial charge is 0.248 e. The Morgan fingerprint density at radius 1 is 1.05 bits per heavy atom. The van der Waals surface area contributed by atoms with Crippen molar-refractivity contribution in [1.29, 1.82) is 0 Å². The van der Waals surface area contributed by atoms with Crippen molar-refractivity contribution in [3.63, 3.8) is 0 Å². The lowest BCUT2D eigenvalue weighted by Gasteiger charge is -2.04. The van der Waals surface area contributed by atoms with Crippen molar-refractivity contribution in [3.8, 4) is 0 Å². The quantitative estimate of drug-likeness (QED) is 0.432. The summed E-state index contributed by atoms with van der Waals surface area (Å²) >= 11 is 0. The van der Waals surface area contributed by atoms with E-state index in [1.165, 1.54) is 11.6 Å². The van der Waals surface area contributed by atoms with Crippen LogP contribution in [0, 0.1) is 0 Å². The highest BCUT2D eigenvalue weighted by Gasteiger charge is 1.98. The SMILES string of the molecule is NNCCc1ccc(NC(=O)C=Cc2ccccc2)cc1. The molecule has 0 aromatic heterocycles. The van der Waals surface area contributed by atoms with Crippen molar-refractivity contribution >= 4 is 17.7 Å². The number of nitrogens with two attached hydrogens (primary N) is 1. The van der Waals surface area contributed by atoms with E-state index in [9.17, 15) is 4.79 Å². The number of hydrogen-bond donors (Lipinski definition) is 3.